The number of fused-ring (bicyclic) bond motifs is 5. The molecule has 5 heteroatoms. The Bertz CT molecular complexity index is 779. The Kier molecular flexibility index (Phi) is 5.25. The molecule has 1 saturated heterocycles. The van der Waals surface area contributed by atoms with Gasteiger partial charge in [-0.05, 0) is 106 Å². The number of carbonyl (C=O) groups excluding carboxylic acids is 3. The molecule has 0 aromatic carbocycles. The van der Waals surface area contributed by atoms with E-state index in [9.17, 15) is 14.4 Å². The first-order valence-electron chi connectivity index (χ1n) is 12.7. The van der Waals surface area contributed by atoms with Crippen molar-refractivity contribution in [1.29, 1.82) is 0 Å². The van der Waals surface area contributed by atoms with E-state index in [2.05, 4.69) is 19.2 Å². The van der Waals surface area contributed by atoms with Crippen LogP contribution in [0.3, 0.4) is 0 Å². The summed E-state index contributed by atoms with van der Waals surface area (Å²) in [5.74, 6) is 3.24. The molecule has 5 nitrogen and oxygen atoms in total. The average Bonchev–Trinajstić information content (AvgIpc) is 3.31. The molecule has 172 valence electrons. The Labute approximate surface area is 186 Å². The largest absolute Gasteiger partial charge is 0.461 e. The van der Waals surface area contributed by atoms with E-state index in [4.69, 9.17) is 4.74 Å². The monoisotopic (exact) mass is 429 g/mol. The van der Waals surface area contributed by atoms with Gasteiger partial charge in [0.05, 0.1) is 0 Å². The molecule has 5 rings (SSSR count). The summed E-state index contributed by atoms with van der Waals surface area (Å²) in [6.45, 7) is 6.74. The number of rotatable bonds is 3. The number of hydrogen-bond donors (Lipinski definition) is 1. The fourth-order valence-electron chi connectivity index (χ4n) is 9.03. The van der Waals surface area contributed by atoms with Gasteiger partial charge in [0.25, 0.3) is 0 Å². The standard InChI is InChI=1S/C26H39NO4/c1-15(28)19-6-7-20-18-5-4-16-14-17(31-24(30)22-8-9-23(29)27-22)10-12-25(16,2)21(18)11-13-26(19,20)3/h16-22H,4-14H2,1-3H3,(H,27,29)/t16-,17-,18+,19-,20+,21+,22?,25+,26-/m1/s1. The lowest BCUT2D eigenvalue weighted by atomic mass is 9.44. The van der Waals surface area contributed by atoms with Gasteiger partial charge in [0.1, 0.15) is 17.9 Å². The highest BCUT2D eigenvalue weighted by molar-refractivity contribution is 5.88. The Hall–Kier alpha value is -1.39. The van der Waals surface area contributed by atoms with Crippen LogP contribution in [0, 0.1) is 40.4 Å². The van der Waals surface area contributed by atoms with Gasteiger partial charge in [0.2, 0.25) is 5.91 Å². The molecule has 5 aliphatic rings. The van der Waals surface area contributed by atoms with Crippen LogP contribution in [0.5, 0.6) is 0 Å². The number of nitrogens with one attached hydrogen (secondary N) is 1. The van der Waals surface area contributed by atoms with E-state index in [0.29, 0.717) is 35.9 Å². The van der Waals surface area contributed by atoms with Crippen LogP contribution in [-0.2, 0) is 19.1 Å². The van der Waals surface area contributed by atoms with Gasteiger partial charge >= 0.3 is 5.97 Å². The molecule has 0 aromatic rings. The van der Waals surface area contributed by atoms with Crippen molar-refractivity contribution in [2.45, 2.75) is 104 Å². The molecule has 1 unspecified atom stereocenters. The van der Waals surface area contributed by atoms with Gasteiger partial charge in [-0.1, -0.05) is 13.8 Å². The molecule has 1 amide bonds. The third kappa shape index (κ3) is 3.36. The maximum absolute atomic E-state index is 12.5. The van der Waals surface area contributed by atoms with Crippen LogP contribution in [0.1, 0.15) is 91.4 Å². The quantitative estimate of drug-likeness (QED) is 0.674. The average molecular weight is 430 g/mol. The zero-order chi connectivity index (χ0) is 22.0. The Balaban J connectivity index is 1.26. The lowest BCUT2D eigenvalue weighted by molar-refractivity contribution is -0.165. The van der Waals surface area contributed by atoms with Crippen molar-refractivity contribution in [2.75, 3.05) is 0 Å². The SMILES string of the molecule is CC(=O)[C@H]1CC[C@H]2[C@@H]3CC[C@@H]4C[C@H](OC(=O)C5CCC(=O)N5)CC[C@]4(C)[C@H]3CC[C@]12C. The number of ketones is 1. The minimum Gasteiger partial charge on any atom is -0.461 e. The fourth-order valence-corrected chi connectivity index (χ4v) is 9.03. The Morgan fingerprint density at radius 3 is 2.39 bits per heavy atom. The second kappa shape index (κ2) is 7.59. The third-order valence-corrected chi connectivity index (χ3v) is 10.7. The summed E-state index contributed by atoms with van der Waals surface area (Å²) >= 11 is 0. The van der Waals surface area contributed by atoms with Crippen LogP contribution in [0.4, 0.5) is 0 Å². The molecule has 31 heavy (non-hydrogen) atoms. The summed E-state index contributed by atoms with van der Waals surface area (Å²) in [4.78, 5) is 36.3. The number of carbonyl (C=O) groups is 3. The summed E-state index contributed by atoms with van der Waals surface area (Å²) in [7, 11) is 0. The molecule has 0 bridgehead atoms. The summed E-state index contributed by atoms with van der Waals surface area (Å²) < 4.78 is 5.89. The molecule has 0 aromatic heterocycles. The molecular weight excluding hydrogens is 390 g/mol. The minimum absolute atomic E-state index is 0.00190. The topological polar surface area (TPSA) is 72.5 Å². The molecule has 4 saturated carbocycles. The highest BCUT2D eigenvalue weighted by atomic mass is 16.5. The molecule has 4 aliphatic carbocycles. The summed E-state index contributed by atoms with van der Waals surface area (Å²) in [5.41, 5.74) is 0.553. The Morgan fingerprint density at radius 2 is 1.68 bits per heavy atom. The number of esters is 1. The van der Waals surface area contributed by atoms with E-state index in [0.717, 1.165) is 37.5 Å². The molecule has 9 atom stereocenters. The van der Waals surface area contributed by atoms with E-state index in [-0.39, 0.29) is 29.3 Å². The molecule has 1 N–H and O–H groups in total. The first-order chi connectivity index (χ1) is 14.7. The van der Waals surface area contributed by atoms with Crippen molar-refractivity contribution in [3.8, 4) is 0 Å². The first kappa shape index (κ1) is 21.5. The van der Waals surface area contributed by atoms with Crippen molar-refractivity contribution < 1.29 is 19.1 Å². The molecule has 5 fully saturated rings. The van der Waals surface area contributed by atoms with Crippen molar-refractivity contribution in [3.63, 3.8) is 0 Å². The normalized spacial score (nSPS) is 48.9. The predicted octanol–water partition coefficient (Wildman–Crippen LogP) is 4.42. The number of hydrogen-bond acceptors (Lipinski definition) is 4. The Morgan fingerprint density at radius 1 is 0.935 bits per heavy atom. The maximum atomic E-state index is 12.5. The molecule has 1 aliphatic heterocycles. The summed E-state index contributed by atoms with van der Waals surface area (Å²) in [6, 6.07) is -0.441. The fraction of sp³-hybridized carbons (Fsp3) is 0.885. The van der Waals surface area contributed by atoms with E-state index >= 15 is 0 Å². The van der Waals surface area contributed by atoms with Gasteiger partial charge in [-0.25, -0.2) is 4.79 Å². The lowest BCUT2D eigenvalue weighted by Crippen LogP contribution is -2.54. The van der Waals surface area contributed by atoms with E-state index < -0.39 is 6.04 Å². The number of Topliss-reactive ketones (excluding diaryl/α,β-unsaturated/α-hetero) is 1. The van der Waals surface area contributed by atoms with Gasteiger partial charge in [0.15, 0.2) is 0 Å². The zero-order valence-electron chi connectivity index (χ0n) is 19.5. The summed E-state index contributed by atoms with van der Waals surface area (Å²) in [6.07, 6.45) is 11.3. The first-order valence-corrected chi connectivity index (χ1v) is 12.7. The van der Waals surface area contributed by atoms with Crippen LogP contribution in [0.15, 0.2) is 0 Å². The predicted molar refractivity (Wildman–Crippen MR) is 117 cm³/mol. The highest BCUT2D eigenvalue weighted by Crippen LogP contribution is 2.67. The second-order valence-corrected chi connectivity index (χ2v) is 11.9. The molecule has 0 radical (unpaired) electrons. The molecule has 1 heterocycles. The van der Waals surface area contributed by atoms with Crippen LogP contribution < -0.4 is 5.32 Å². The van der Waals surface area contributed by atoms with Gasteiger partial charge in [-0.3, -0.25) is 9.59 Å². The van der Waals surface area contributed by atoms with Crippen molar-refractivity contribution >= 4 is 17.7 Å². The maximum Gasteiger partial charge on any atom is 0.328 e. The molecular formula is C26H39NO4. The van der Waals surface area contributed by atoms with Gasteiger partial charge in [0, 0.05) is 12.3 Å². The lowest BCUT2D eigenvalue weighted by Gasteiger charge is -2.61. The second-order valence-electron chi connectivity index (χ2n) is 11.9. The number of amides is 1. The van der Waals surface area contributed by atoms with Crippen molar-refractivity contribution in [3.05, 3.63) is 0 Å². The van der Waals surface area contributed by atoms with Gasteiger partial charge in [-0.15, -0.1) is 0 Å². The van der Waals surface area contributed by atoms with E-state index in [1.54, 1.807) is 0 Å². The van der Waals surface area contributed by atoms with E-state index in [1.807, 2.05) is 6.92 Å². The van der Waals surface area contributed by atoms with Crippen LogP contribution in [-0.4, -0.2) is 29.8 Å². The third-order valence-electron chi connectivity index (χ3n) is 10.7. The molecule has 0 spiro atoms. The van der Waals surface area contributed by atoms with Crippen molar-refractivity contribution in [1.82, 2.24) is 5.32 Å². The smallest absolute Gasteiger partial charge is 0.328 e. The van der Waals surface area contributed by atoms with Gasteiger partial charge < -0.3 is 10.1 Å². The van der Waals surface area contributed by atoms with Crippen LogP contribution in [0.25, 0.3) is 0 Å². The highest BCUT2D eigenvalue weighted by Gasteiger charge is 2.61. The summed E-state index contributed by atoms with van der Waals surface area (Å²) in [5, 5.41) is 2.74. The van der Waals surface area contributed by atoms with Crippen molar-refractivity contribution in [2.24, 2.45) is 40.4 Å². The zero-order valence-corrected chi connectivity index (χ0v) is 19.5. The van der Waals surface area contributed by atoms with Gasteiger partial charge in [-0.2, -0.15) is 0 Å². The van der Waals surface area contributed by atoms with E-state index in [1.165, 1.54) is 32.1 Å². The minimum atomic E-state index is -0.441. The van der Waals surface area contributed by atoms with Crippen LogP contribution >= 0.6 is 0 Å². The van der Waals surface area contributed by atoms with Crippen LogP contribution in [0.2, 0.25) is 0 Å². The number of ether oxygens (including phenoxy) is 1.